The van der Waals surface area contributed by atoms with E-state index in [2.05, 4.69) is 80.7 Å². The monoisotopic (exact) mass is 411 g/mol. The van der Waals surface area contributed by atoms with Crippen molar-refractivity contribution in [1.82, 2.24) is 0 Å². The second-order valence-electron chi connectivity index (χ2n) is 5.51. The van der Waals surface area contributed by atoms with Crippen LogP contribution in [-0.2, 0) is 0 Å². The van der Waals surface area contributed by atoms with Crippen LogP contribution in [0.1, 0.15) is 6.92 Å². The van der Waals surface area contributed by atoms with Gasteiger partial charge in [0.05, 0.1) is 0 Å². The van der Waals surface area contributed by atoms with Gasteiger partial charge in [-0.2, -0.15) is 0 Å². The third-order valence-electron chi connectivity index (χ3n) is 3.46. The summed E-state index contributed by atoms with van der Waals surface area (Å²) in [6.45, 7) is 7.64. The van der Waals surface area contributed by atoms with Gasteiger partial charge in [0.2, 0.25) is 0 Å². The molecule has 0 aromatic heterocycles. The zero-order chi connectivity index (χ0) is 13.7. The van der Waals surface area contributed by atoms with Crippen LogP contribution < -0.4 is 10.6 Å². The zero-order valence-corrected chi connectivity index (χ0v) is 17.5. The van der Waals surface area contributed by atoms with Gasteiger partial charge in [-0.25, -0.2) is 0 Å². The van der Waals surface area contributed by atoms with Gasteiger partial charge in [0.1, 0.15) is 0 Å². The van der Waals surface area contributed by atoms with Crippen molar-refractivity contribution in [3.05, 3.63) is 60.7 Å². The van der Waals surface area contributed by atoms with Gasteiger partial charge in [-0.05, 0) is 0 Å². The van der Waals surface area contributed by atoms with Gasteiger partial charge in [0, 0.05) is 0 Å². The minimum atomic E-state index is -0.869. The van der Waals surface area contributed by atoms with Crippen LogP contribution in [0.5, 0.6) is 0 Å². The average molecular weight is 411 g/mol. The van der Waals surface area contributed by atoms with Crippen molar-refractivity contribution in [2.24, 2.45) is 0 Å². The van der Waals surface area contributed by atoms with E-state index >= 15 is 0 Å². The molecule has 2 aromatic rings. The molecule has 0 saturated carbocycles. The summed E-state index contributed by atoms with van der Waals surface area (Å²) in [5.41, 5.74) is 0. The van der Waals surface area contributed by atoms with Crippen LogP contribution in [0.3, 0.4) is 0 Å². The first kappa shape index (κ1) is 15.7. The van der Waals surface area contributed by atoms with Crippen molar-refractivity contribution in [2.45, 2.75) is 26.1 Å². The standard InChI is InChI=1S/C12H10P.C4H11Si.La/c1-3-7-11(8-4-1)13-12-9-5-2-6-10-12;1-4-5(2)3;/h1-10H;4H2,1-3H3;/q-1;;+1. The molecule has 0 N–H and O–H groups in total. The van der Waals surface area contributed by atoms with E-state index in [0.717, 1.165) is 0 Å². The molecule has 2 rings (SSSR count). The summed E-state index contributed by atoms with van der Waals surface area (Å²) in [4.78, 5) is 0. The van der Waals surface area contributed by atoms with Gasteiger partial charge in [-0.1, -0.05) is 0 Å². The molecule has 0 saturated heterocycles. The third kappa shape index (κ3) is 4.65. The molecule has 0 aliphatic rings. The van der Waals surface area contributed by atoms with E-state index in [1.165, 1.54) is 6.04 Å². The van der Waals surface area contributed by atoms with Crippen LogP contribution >= 0.6 is 3.69 Å². The number of hydrogen-bond donors (Lipinski definition) is 0. The number of hydrogen-bond acceptors (Lipinski definition) is 0. The summed E-state index contributed by atoms with van der Waals surface area (Å²) >= 11 is -0.757. The summed E-state index contributed by atoms with van der Waals surface area (Å²) in [6.07, 6.45) is 0. The number of rotatable bonds is 5. The molecule has 0 nitrogen and oxygen atoms in total. The molecular formula is C16H21LaPSi. The molecule has 2 aromatic carbocycles. The van der Waals surface area contributed by atoms with E-state index < -0.39 is 33.7 Å². The molecule has 0 atom stereocenters. The van der Waals surface area contributed by atoms with Crippen LogP contribution in [0, 0.1) is 30.1 Å². The zero-order valence-electron chi connectivity index (χ0n) is 12.0. The van der Waals surface area contributed by atoms with E-state index in [4.69, 9.17) is 0 Å². The van der Waals surface area contributed by atoms with Gasteiger partial charge in [0.25, 0.3) is 0 Å². The first-order valence-electron chi connectivity index (χ1n) is 6.88. The Morgan fingerprint density at radius 2 is 1.26 bits per heavy atom. The topological polar surface area (TPSA) is 0 Å². The Balaban J connectivity index is 2.35. The molecule has 19 heavy (non-hydrogen) atoms. The summed E-state index contributed by atoms with van der Waals surface area (Å²) in [5, 5.41) is 3.24. The Morgan fingerprint density at radius 1 is 0.842 bits per heavy atom. The van der Waals surface area contributed by atoms with Crippen molar-refractivity contribution in [3.63, 3.8) is 0 Å². The van der Waals surface area contributed by atoms with Gasteiger partial charge < -0.3 is 0 Å². The Hall–Kier alpha value is 0.282. The van der Waals surface area contributed by atoms with Gasteiger partial charge in [-0.3, -0.25) is 0 Å². The SMILES string of the molecule is CC[Si](C)(C)[La][P](c1ccccc1)c1ccccc1. The van der Waals surface area contributed by atoms with Gasteiger partial charge in [0.15, 0.2) is 0 Å². The fourth-order valence-corrected chi connectivity index (χ4v) is 44.5. The molecule has 0 aliphatic heterocycles. The number of benzene rings is 2. The Kier molecular flexibility index (Phi) is 6.05. The van der Waals surface area contributed by atoms with E-state index in [-0.39, 0.29) is 3.69 Å². The molecule has 0 radical (unpaired) electrons. The van der Waals surface area contributed by atoms with Crippen molar-refractivity contribution in [2.75, 3.05) is 0 Å². The predicted molar refractivity (Wildman–Crippen MR) is 87.0 cm³/mol. The van der Waals surface area contributed by atoms with E-state index in [0.29, 0.717) is 0 Å². The van der Waals surface area contributed by atoms with E-state index in [9.17, 15) is 0 Å². The van der Waals surface area contributed by atoms with E-state index in [1.807, 2.05) is 0 Å². The first-order valence-corrected chi connectivity index (χ1v) is 21.9. The van der Waals surface area contributed by atoms with Crippen LogP contribution in [0.15, 0.2) is 60.7 Å². The second kappa shape index (κ2) is 7.34. The van der Waals surface area contributed by atoms with Crippen LogP contribution in [0.4, 0.5) is 0 Å². The second-order valence-corrected chi connectivity index (χ2v) is 39.9. The molecule has 0 heterocycles. The van der Waals surface area contributed by atoms with Gasteiger partial charge >= 0.3 is 135 Å². The quantitative estimate of drug-likeness (QED) is 0.507. The van der Waals surface area contributed by atoms with Crippen LogP contribution in [0.2, 0.25) is 19.1 Å². The maximum absolute atomic E-state index is 2.61. The van der Waals surface area contributed by atoms with E-state index in [1.54, 1.807) is 10.6 Å². The molecule has 3 heteroatoms. The molecular weight excluding hydrogens is 390 g/mol. The summed E-state index contributed by atoms with van der Waals surface area (Å²) in [5.74, 6) is 0. The Labute approximate surface area is 133 Å². The molecule has 0 amide bonds. The molecule has 0 aliphatic carbocycles. The van der Waals surface area contributed by atoms with Crippen molar-refractivity contribution in [3.8, 4) is 0 Å². The summed E-state index contributed by atoms with van der Waals surface area (Å²) < 4.78 is -0.843. The third-order valence-corrected chi connectivity index (χ3v) is 47.3. The van der Waals surface area contributed by atoms with Crippen LogP contribution in [-0.4, -0.2) is 3.59 Å². The normalized spacial score (nSPS) is 11.4. The van der Waals surface area contributed by atoms with Gasteiger partial charge in [-0.15, -0.1) is 0 Å². The molecule has 0 fully saturated rings. The minimum absolute atomic E-state index is 0.0253. The van der Waals surface area contributed by atoms with Crippen LogP contribution in [0.25, 0.3) is 0 Å². The molecule has 97 valence electrons. The van der Waals surface area contributed by atoms with Crippen molar-refractivity contribution < 1.29 is 30.1 Å². The Bertz CT molecular complexity index is 459. The summed E-state index contributed by atoms with van der Waals surface area (Å²) in [6, 6.07) is 24.0. The molecule has 0 unspecified atom stereocenters. The first-order chi connectivity index (χ1) is 9.12. The fourth-order valence-electron chi connectivity index (χ4n) is 1.92. The Morgan fingerprint density at radius 3 is 1.63 bits per heavy atom. The van der Waals surface area contributed by atoms with Crippen molar-refractivity contribution in [1.29, 1.82) is 0 Å². The summed E-state index contributed by atoms with van der Waals surface area (Å²) in [7, 11) is 0. The predicted octanol–water partition coefficient (Wildman–Crippen LogP) is 4.34. The average Bonchev–Trinajstić information content (AvgIpc) is 2.47. The molecule has 0 bridgehead atoms. The maximum atomic E-state index is 2.61. The van der Waals surface area contributed by atoms with Crippen molar-refractivity contribution >= 4 is 17.9 Å². The molecule has 0 spiro atoms. The fraction of sp³-hybridized carbons (Fsp3) is 0.250.